The number of Topliss-reactive ketones (excluding diaryl/α,β-unsaturated/α-hetero) is 1. The normalized spacial score (nSPS) is 21.0. The van der Waals surface area contributed by atoms with Gasteiger partial charge in [-0.05, 0) is 12.3 Å². The summed E-state index contributed by atoms with van der Waals surface area (Å²) >= 11 is 0. The standard InChI is InChI=1S/C12H14NO/c14-12(8-10-6-7-13-9-10)11-4-2-1-3-5-11/h1-5,10H,6-9H2. The highest BCUT2D eigenvalue weighted by atomic mass is 16.1. The molecular formula is C12H14NO. The van der Waals surface area contributed by atoms with E-state index < -0.39 is 0 Å². The van der Waals surface area contributed by atoms with Gasteiger partial charge >= 0.3 is 0 Å². The first-order valence-electron chi connectivity index (χ1n) is 5.08. The summed E-state index contributed by atoms with van der Waals surface area (Å²) < 4.78 is 0. The van der Waals surface area contributed by atoms with Crippen LogP contribution in [-0.4, -0.2) is 18.9 Å². The number of nitrogens with zero attached hydrogens (tertiary/aromatic N) is 1. The third kappa shape index (κ3) is 2.20. The van der Waals surface area contributed by atoms with E-state index in [2.05, 4.69) is 5.32 Å². The Balaban J connectivity index is 1.95. The minimum Gasteiger partial charge on any atom is -0.294 e. The van der Waals surface area contributed by atoms with E-state index in [1.54, 1.807) is 0 Å². The maximum absolute atomic E-state index is 11.8. The molecule has 1 aliphatic rings. The zero-order valence-electron chi connectivity index (χ0n) is 8.15. The summed E-state index contributed by atoms with van der Waals surface area (Å²) in [6.07, 6.45) is 1.74. The van der Waals surface area contributed by atoms with Gasteiger partial charge in [0.25, 0.3) is 0 Å². The molecule has 0 amide bonds. The maximum atomic E-state index is 11.8. The molecule has 0 bridgehead atoms. The molecule has 2 heteroatoms. The molecule has 73 valence electrons. The fraction of sp³-hybridized carbons (Fsp3) is 0.417. The number of rotatable bonds is 3. The zero-order chi connectivity index (χ0) is 9.80. The summed E-state index contributed by atoms with van der Waals surface area (Å²) in [6.45, 7) is 1.81. The van der Waals surface area contributed by atoms with Gasteiger partial charge in [0.2, 0.25) is 0 Å². The van der Waals surface area contributed by atoms with E-state index in [1.165, 1.54) is 0 Å². The molecule has 1 radical (unpaired) electrons. The molecule has 0 aliphatic carbocycles. The van der Waals surface area contributed by atoms with Crippen molar-refractivity contribution in [3.63, 3.8) is 0 Å². The maximum Gasteiger partial charge on any atom is 0.163 e. The van der Waals surface area contributed by atoms with Gasteiger partial charge in [-0.25, -0.2) is 5.32 Å². The molecule has 1 atom stereocenters. The second kappa shape index (κ2) is 4.38. The second-order valence-electron chi connectivity index (χ2n) is 3.78. The van der Waals surface area contributed by atoms with E-state index >= 15 is 0 Å². The number of benzene rings is 1. The molecule has 1 heterocycles. The summed E-state index contributed by atoms with van der Waals surface area (Å²) in [5.74, 6) is 0.746. The van der Waals surface area contributed by atoms with Gasteiger partial charge in [0, 0.05) is 25.1 Å². The Labute approximate surface area is 84.3 Å². The van der Waals surface area contributed by atoms with Gasteiger partial charge in [-0.2, -0.15) is 0 Å². The van der Waals surface area contributed by atoms with E-state index in [0.29, 0.717) is 12.3 Å². The van der Waals surface area contributed by atoms with Crippen molar-refractivity contribution in [1.82, 2.24) is 5.32 Å². The number of hydrogen-bond donors (Lipinski definition) is 0. The predicted molar refractivity (Wildman–Crippen MR) is 55.4 cm³/mol. The van der Waals surface area contributed by atoms with Crippen LogP contribution in [0.15, 0.2) is 30.3 Å². The van der Waals surface area contributed by atoms with Crippen molar-refractivity contribution in [3.05, 3.63) is 35.9 Å². The number of carbonyl (C=O) groups excluding carboxylic acids is 1. The van der Waals surface area contributed by atoms with Crippen LogP contribution in [0.25, 0.3) is 0 Å². The van der Waals surface area contributed by atoms with Gasteiger partial charge in [0.15, 0.2) is 5.78 Å². The average Bonchev–Trinajstić information content (AvgIpc) is 2.72. The highest BCUT2D eigenvalue weighted by Crippen LogP contribution is 2.16. The molecule has 0 saturated carbocycles. The van der Waals surface area contributed by atoms with Gasteiger partial charge in [-0.1, -0.05) is 30.3 Å². The highest BCUT2D eigenvalue weighted by Gasteiger charge is 2.19. The fourth-order valence-electron chi connectivity index (χ4n) is 1.81. The summed E-state index contributed by atoms with van der Waals surface area (Å²) in [6, 6.07) is 9.52. The Morgan fingerprint density at radius 2 is 2.14 bits per heavy atom. The monoisotopic (exact) mass is 188 g/mol. The smallest absolute Gasteiger partial charge is 0.163 e. The first-order chi connectivity index (χ1) is 6.86. The van der Waals surface area contributed by atoms with Crippen molar-refractivity contribution in [2.24, 2.45) is 5.92 Å². The molecule has 1 fully saturated rings. The van der Waals surface area contributed by atoms with E-state index in [-0.39, 0.29) is 5.78 Å². The first kappa shape index (κ1) is 9.41. The van der Waals surface area contributed by atoms with Crippen LogP contribution < -0.4 is 5.32 Å². The van der Waals surface area contributed by atoms with Crippen molar-refractivity contribution >= 4 is 5.78 Å². The lowest BCUT2D eigenvalue weighted by Crippen LogP contribution is -2.09. The summed E-state index contributed by atoms with van der Waals surface area (Å²) in [5.41, 5.74) is 0.833. The molecule has 1 aromatic carbocycles. The third-order valence-corrected chi connectivity index (χ3v) is 2.65. The van der Waals surface area contributed by atoms with Crippen LogP contribution in [0.1, 0.15) is 23.2 Å². The Morgan fingerprint density at radius 1 is 1.36 bits per heavy atom. The van der Waals surface area contributed by atoms with Crippen molar-refractivity contribution in [3.8, 4) is 0 Å². The zero-order valence-corrected chi connectivity index (χ0v) is 8.15. The third-order valence-electron chi connectivity index (χ3n) is 2.65. The van der Waals surface area contributed by atoms with Gasteiger partial charge in [-0.3, -0.25) is 4.79 Å². The molecule has 1 saturated heterocycles. The first-order valence-corrected chi connectivity index (χ1v) is 5.08. The Hall–Kier alpha value is -1.15. The summed E-state index contributed by atoms with van der Waals surface area (Å²) in [4.78, 5) is 11.8. The lowest BCUT2D eigenvalue weighted by Gasteiger charge is -2.06. The van der Waals surface area contributed by atoms with Crippen LogP contribution in [0.4, 0.5) is 0 Å². The van der Waals surface area contributed by atoms with Crippen molar-refractivity contribution in [1.29, 1.82) is 0 Å². The van der Waals surface area contributed by atoms with E-state index in [0.717, 1.165) is 25.1 Å². The molecule has 1 aromatic rings. The largest absolute Gasteiger partial charge is 0.294 e. The van der Waals surface area contributed by atoms with Crippen LogP contribution >= 0.6 is 0 Å². The van der Waals surface area contributed by atoms with E-state index in [9.17, 15) is 4.79 Å². The molecule has 1 aliphatic heterocycles. The lowest BCUT2D eigenvalue weighted by atomic mass is 9.98. The second-order valence-corrected chi connectivity index (χ2v) is 3.78. The number of hydrogen-bond acceptors (Lipinski definition) is 1. The summed E-state index contributed by atoms with van der Waals surface area (Å²) in [7, 11) is 0. The van der Waals surface area contributed by atoms with Gasteiger partial charge in [-0.15, -0.1) is 0 Å². The van der Waals surface area contributed by atoms with Crippen LogP contribution in [0.2, 0.25) is 0 Å². The SMILES string of the molecule is O=C(CC1CC[N]C1)c1ccccc1. The number of ketones is 1. The van der Waals surface area contributed by atoms with Gasteiger partial charge in [0.05, 0.1) is 0 Å². The molecular weight excluding hydrogens is 174 g/mol. The van der Waals surface area contributed by atoms with Crippen molar-refractivity contribution < 1.29 is 4.79 Å². The topological polar surface area (TPSA) is 31.2 Å². The Kier molecular flexibility index (Phi) is 2.94. The quantitative estimate of drug-likeness (QED) is 0.666. The Bertz CT molecular complexity index is 301. The minimum atomic E-state index is 0.257. The van der Waals surface area contributed by atoms with Crippen molar-refractivity contribution in [2.75, 3.05) is 13.1 Å². The molecule has 0 aromatic heterocycles. The van der Waals surface area contributed by atoms with E-state index in [4.69, 9.17) is 0 Å². The van der Waals surface area contributed by atoms with Crippen LogP contribution in [0.5, 0.6) is 0 Å². The lowest BCUT2D eigenvalue weighted by molar-refractivity contribution is 0.0964. The Morgan fingerprint density at radius 3 is 2.79 bits per heavy atom. The van der Waals surface area contributed by atoms with Gasteiger partial charge < -0.3 is 0 Å². The van der Waals surface area contributed by atoms with Gasteiger partial charge in [0.1, 0.15) is 0 Å². The van der Waals surface area contributed by atoms with Crippen LogP contribution in [0.3, 0.4) is 0 Å². The molecule has 0 N–H and O–H groups in total. The number of carbonyl (C=O) groups is 1. The molecule has 2 nitrogen and oxygen atoms in total. The van der Waals surface area contributed by atoms with Crippen LogP contribution in [0, 0.1) is 5.92 Å². The highest BCUT2D eigenvalue weighted by molar-refractivity contribution is 5.96. The minimum absolute atomic E-state index is 0.257. The average molecular weight is 188 g/mol. The molecule has 1 unspecified atom stereocenters. The molecule has 14 heavy (non-hydrogen) atoms. The molecule has 0 spiro atoms. The fourth-order valence-corrected chi connectivity index (χ4v) is 1.81. The molecule has 2 rings (SSSR count). The van der Waals surface area contributed by atoms with Crippen molar-refractivity contribution in [2.45, 2.75) is 12.8 Å². The summed E-state index contributed by atoms with van der Waals surface area (Å²) in [5, 5.41) is 4.26. The van der Waals surface area contributed by atoms with E-state index in [1.807, 2.05) is 30.3 Å². The van der Waals surface area contributed by atoms with Crippen LogP contribution in [-0.2, 0) is 0 Å². The predicted octanol–water partition coefficient (Wildman–Crippen LogP) is 1.88.